The molecule has 0 spiro atoms. The van der Waals surface area contributed by atoms with E-state index in [1.54, 1.807) is 0 Å². The summed E-state index contributed by atoms with van der Waals surface area (Å²) in [4.78, 5) is 20.9. The second-order valence-electron chi connectivity index (χ2n) is 6.46. The number of nitrogens with one attached hydrogen (secondary N) is 2. The Hall–Kier alpha value is -2.27. The van der Waals surface area contributed by atoms with E-state index >= 15 is 0 Å². The van der Waals surface area contributed by atoms with Crippen molar-refractivity contribution in [1.29, 1.82) is 0 Å². The summed E-state index contributed by atoms with van der Waals surface area (Å²) in [5.74, 6) is 0.0727. The monoisotopic (exact) mass is 351 g/mol. The first-order valence-corrected chi connectivity index (χ1v) is 9.64. The molecule has 1 saturated carbocycles. The lowest BCUT2D eigenvalue weighted by Gasteiger charge is -2.19. The largest absolute Gasteiger partial charge is 0.352 e. The van der Waals surface area contributed by atoms with Gasteiger partial charge in [-0.2, -0.15) is 0 Å². The fourth-order valence-corrected chi connectivity index (χ4v) is 4.36. The molecule has 2 aromatic carbocycles. The minimum atomic E-state index is -0.303. The maximum absolute atomic E-state index is 12.9. The number of amides is 1. The molecule has 25 heavy (non-hydrogen) atoms. The smallest absolute Gasteiger partial charge is 0.238 e. The van der Waals surface area contributed by atoms with Crippen LogP contribution in [0.4, 0.5) is 0 Å². The Kier molecular flexibility index (Phi) is 4.74. The molecule has 4 rings (SSSR count). The molecule has 1 aliphatic carbocycles. The standard InChI is InChI=1S/C20H21N3OS/c24-19(21-15-10-4-5-11-15)18(14-8-2-1-3-9-14)25-20-22-16-12-6-7-13-17(16)23-20/h1-3,6-9,12-13,15,18H,4-5,10-11H2,(H,21,24)(H,22,23)/t18-/m0/s1. The van der Waals surface area contributed by atoms with Crippen LogP contribution in [0, 0.1) is 0 Å². The summed E-state index contributed by atoms with van der Waals surface area (Å²) in [6.07, 6.45) is 4.58. The van der Waals surface area contributed by atoms with Crippen LogP contribution in [0.5, 0.6) is 0 Å². The van der Waals surface area contributed by atoms with Crippen molar-refractivity contribution in [2.45, 2.75) is 42.1 Å². The van der Waals surface area contributed by atoms with E-state index in [-0.39, 0.29) is 11.2 Å². The molecule has 0 radical (unpaired) electrons. The third kappa shape index (κ3) is 3.71. The molecule has 1 heterocycles. The van der Waals surface area contributed by atoms with Gasteiger partial charge in [0.25, 0.3) is 0 Å². The number of fused-ring (bicyclic) bond motifs is 1. The number of aromatic nitrogens is 2. The van der Waals surface area contributed by atoms with Crippen LogP contribution in [0.3, 0.4) is 0 Å². The van der Waals surface area contributed by atoms with Crippen molar-refractivity contribution in [2.24, 2.45) is 0 Å². The first-order valence-electron chi connectivity index (χ1n) is 8.76. The quantitative estimate of drug-likeness (QED) is 0.668. The SMILES string of the molecule is O=C(NC1CCCC1)[C@@H](Sc1nc2ccccc2[nH]1)c1ccccc1. The number of nitrogens with zero attached hydrogens (tertiary/aromatic N) is 1. The summed E-state index contributed by atoms with van der Waals surface area (Å²) in [6.45, 7) is 0. The van der Waals surface area contributed by atoms with Gasteiger partial charge in [0.1, 0.15) is 5.25 Å². The first kappa shape index (κ1) is 16.2. The van der Waals surface area contributed by atoms with E-state index in [0.717, 1.165) is 34.6 Å². The van der Waals surface area contributed by atoms with Gasteiger partial charge < -0.3 is 10.3 Å². The lowest BCUT2D eigenvalue weighted by Crippen LogP contribution is -2.35. The predicted molar refractivity (Wildman–Crippen MR) is 102 cm³/mol. The van der Waals surface area contributed by atoms with Gasteiger partial charge in [0.15, 0.2) is 5.16 Å². The van der Waals surface area contributed by atoms with Crippen molar-refractivity contribution in [3.05, 3.63) is 60.2 Å². The van der Waals surface area contributed by atoms with Crippen LogP contribution >= 0.6 is 11.8 Å². The molecular formula is C20H21N3OS. The molecule has 1 amide bonds. The van der Waals surface area contributed by atoms with Gasteiger partial charge >= 0.3 is 0 Å². The zero-order chi connectivity index (χ0) is 17.1. The molecule has 4 nitrogen and oxygen atoms in total. The fraction of sp³-hybridized carbons (Fsp3) is 0.300. The minimum Gasteiger partial charge on any atom is -0.352 e. The van der Waals surface area contributed by atoms with Crippen LogP contribution in [-0.2, 0) is 4.79 Å². The molecule has 1 aliphatic rings. The van der Waals surface area contributed by atoms with Gasteiger partial charge in [0, 0.05) is 6.04 Å². The number of aromatic amines is 1. The van der Waals surface area contributed by atoms with E-state index in [4.69, 9.17) is 0 Å². The molecule has 128 valence electrons. The van der Waals surface area contributed by atoms with E-state index < -0.39 is 0 Å². The Labute approximate surface area is 151 Å². The molecule has 1 aromatic heterocycles. The Balaban J connectivity index is 1.59. The Morgan fingerprint density at radius 3 is 2.56 bits per heavy atom. The lowest BCUT2D eigenvalue weighted by molar-refractivity contribution is -0.121. The fourth-order valence-electron chi connectivity index (χ4n) is 3.34. The Bertz CT molecular complexity index is 823. The highest BCUT2D eigenvalue weighted by molar-refractivity contribution is 8.00. The third-order valence-corrected chi connectivity index (χ3v) is 5.78. The summed E-state index contributed by atoms with van der Waals surface area (Å²) in [5.41, 5.74) is 2.92. The van der Waals surface area contributed by atoms with Crippen LogP contribution in [0.25, 0.3) is 11.0 Å². The molecule has 0 bridgehead atoms. The highest BCUT2D eigenvalue weighted by Gasteiger charge is 2.26. The van der Waals surface area contributed by atoms with Gasteiger partial charge in [-0.25, -0.2) is 4.98 Å². The van der Waals surface area contributed by atoms with Crippen LogP contribution in [0.1, 0.15) is 36.5 Å². The van der Waals surface area contributed by atoms with Crippen molar-refractivity contribution in [3.63, 3.8) is 0 Å². The Morgan fingerprint density at radius 1 is 1.08 bits per heavy atom. The average Bonchev–Trinajstić information content (AvgIpc) is 3.29. The second kappa shape index (κ2) is 7.31. The predicted octanol–water partition coefficient (Wildman–Crippen LogP) is 4.46. The van der Waals surface area contributed by atoms with E-state index in [2.05, 4.69) is 15.3 Å². The second-order valence-corrected chi connectivity index (χ2v) is 7.55. The molecule has 1 fully saturated rings. The summed E-state index contributed by atoms with van der Waals surface area (Å²) in [5, 5.41) is 3.70. The molecule has 5 heteroatoms. The van der Waals surface area contributed by atoms with E-state index in [1.807, 2.05) is 54.6 Å². The first-order chi connectivity index (χ1) is 12.3. The molecule has 0 unspecified atom stereocenters. The highest BCUT2D eigenvalue weighted by Crippen LogP contribution is 2.35. The van der Waals surface area contributed by atoms with Gasteiger partial charge in [-0.3, -0.25) is 4.79 Å². The molecule has 3 aromatic rings. The molecule has 0 aliphatic heterocycles. The lowest BCUT2D eigenvalue weighted by atomic mass is 10.1. The summed E-state index contributed by atoms with van der Waals surface area (Å²) in [7, 11) is 0. The van der Waals surface area contributed by atoms with Gasteiger partial charge in [0.2, 0.25) is 5.91 Å². The Morgan fingerprint density at radius 2 is 1.80 bits per heavy atom. The number of thioether (sulfide) groups is 1. The van der Waals surface area contributed by atoms with Crippen molar-refractivity contribution >= 4 is 28.7 Å². The zero-order valence-corrected chi connectivity index (χ0v) is 14.8. The number of carbonyl (C=O) groups is 1. The van der Waals surface area contributed by atoms with Crippen LogP contribution in [-0.4, -0.2) is 21.9 Å². The van der Waals surface area contributed by atoms with Crippen LogP contribution in [0.2, 0.25) is 0 Å². The minimum absolute atomic E-state index is 0.0727. The summed E-state index contributed by atoms with van der Waals surface area (Å²) < 4.78 is 0. The van der Waals surface area contributed by atoms with Crippen LogP contribution < -0.4 is 5.32 Å². The molecule has 2 N–H and O–H groups in total. The summed E-state index contributed by atoms with van der Waals surface area (Å²) >= 11 is 1.48. The maximum atomic E-state index is 12.9. The number of para-hydroxylation sites is 2. The number of benzene rings is 2. The van der Waals surface area contributed by atoms with Crippen molar-refractivity contribution in [3.8, 4) is 0 Å². The van der Waals surface area contributed by atoms with Gasteiger partial charge in [-0.15, -0.1) is 0 Å². The highest BCUT2D eigenvalue weighted by atomic mass is 32.2. The maximum Gasteiger partial charge on any atom is 0.238 e. The number of hydrogen-bond donors (Lipinski definition) is 2. The molecular weight excluding hydrogens is 330 g/mol. The van der Waals surface area contributed by atoms with Crippen molar-refractivity contribution in [1.82, 2.24) is 15.3 Å². The molecule has 0 saturated heterocycles. The van der Waals surface area contributed by atoms with Crippen LogP contribution in [0.15, 0.2) is 59.8 Å². The number of imidazole rings is 1. The van der Waals surface area contributed by atoms with E-state index in [9.17, 15) is 4.79 Å². The molecule has 1 atom stereocenters. The topological polar surface area (TPSA) is 57.8 Å². The normalized spacial score (nSPS) is 16.2. The average molecular weight is 351 g/mol. The number of hydrogen-bond acceptors (Lipinski definition) is 3. The zero-order valence-electron chi connectivity index (χ0n) is 13.9. The van der Waals surface area contributed by atoms with E-state index in [1.165, 1.54) is 24.6 Å². The van der Waals surface area contributed by atoms with Gasteiger partial charge in [-0.05, 0) is 30.5 Å². The third-order valence-electron chi connectivity index (χ3n) is 4.64. The number of H-pyrrole nitrogens is 1. The van der Waals surface area contributed by atoms with Gasteiger partial charge in [0.05, 0.1) is 11.0 Å². The summed E-state index contributed by atoms with van der Waals surface area (Å²) in [6, 6.07) is 18.2. The van der Waals surface area contributed by atoms with Gasteiger partial charge in [-0.1, -0.05) is 67.1 Å². The van der Waals surface area contributed by atoms with E-state index in [0.29, 0.717) is 6.04 Å². The number of rotatable bonds is 5. The number of carbonyl (C=O) groups excluding carboxylic acids is 1. The van der Waals surface area contributed by atoms with Crippen molar-refractivity contribution in [2.75, 3.05) is 0 Å². The van der Waals surface area contributed by atoms with Crippen molar-refractivity contribution < 1.29 is 4.79 Å².